The van der Waals surface area contributed by atoms with E-state index in [1.165, 1.54) is 0 Å². The predicted molar refractivity (Wildman–Crippen MR) is 27.6 cm³/mol. The second-order valence-electron chi connectivity index (χ2n) is 0. The summed E-state index contributed by atoms with van der Waals surface area (Å²) in [7, 11) is 0. The molecule has 0 aromatic rings. The Kier molecular flexibility index (Phi) is 119. The van der Waals surface area contributed by atoms with Crippen molar-refractivity contribution in [3.8, 4) is 0 Å². The van der Waals surface area contributed by atoms with Gasteiger partial charge in [-0.15, -0.1) is 0 Å². The molecule has 0 aliphatic rings. The van der Waals surface area contributed by atoms with E-state index < -0.39 is 0 Å². The number of rotatable bonds is 0. The molecule has 20 valence electrons. The summed E-state index contributed by atoms with van der Waals surface area (Å²) in [4.78, 5) is 0. The summed E-state index contributed by atoms with van der Waals surface area (Å²) in [6.45, 7) is 0. The first-order valence-electron chi connectivity index (χ1n) is 0. The maximum absolute atomic E-state index is 0. The first-order chi connectivity index (χ1) is 0. The molecule has 0 bridgehead atoms. The SMILES string of the molecule is [GaH3].[H-].[H-].[H-].[Mg+2].[Na+].[SeH2]. The van der Waals surface area contributed by atoms with Gasteiger partial charge >= 0.3 is 89.5 Å². The number of hydrogen-bond acceptors (Lipinski definition) is 0. The van der Waals surface area contributed by atoms with E-state index in [-0.39, 0.29) is 93.7 Å². The molecule has 0 aromatic carbocycles. The Labute approximate surface area is 92.3 Å². The molecule has 0 spiro atoms. The Morgan fingerprint density at radius 3 is 1.25 bits per heavy atom. The van der Waals surface area contributed by atoms with Crippen LogP contribution in [0, 0.1) is 0 Å². The van der Waals surface area contributed by atoms with E-state index in [9.17, 15) is 0 Å². The van der Waals surface area contributed by atoms with E-state index in [1.54, 1.807) is 0 Å². The van der Waals surface area contributed by atoms with Crippen LogP contribution in [0.1, 0.15) is 4.28 Å². The summed E-state index contributed by atoms with van der Waals surface area (Å²) in [5.74, 6) is 0. The minimum absolute atomic E-state index is 0. The standard InChI is InChI=1S/Ga.Mg.Na.H2Se.6H/h;;;1H2;;;;;;/q;+2;+1;;;;;3*-1. The van der Waals surface area contributed by atoms with Gasteiger partial charge in [-0.3, -0.25) is 0 Å². The second kappa shape index (κ2) is 16.8. The van der Waals surface area contributed by atoms with Gasteiger partial charge < -0.3 is 4.28 Å². The van der Waals surface area contributed by atoms with Crippen LogP contribution >= 0.6 is 0 Å². The zero-order valence-electron chi connectivity index (χ0n) is 5.21. The average molecular weight is 204 g/mol. The van der Waals surface area contributed by atoms with Gasteiger partial charge in [-0.1, -0.05) is 0 Å². The van der Waals surface area contributed by atoms with Gasteiger partial charge in [0, 0.05) is 0 Å². The summed E-state index contributed by atoms with van der Waals surface area (Å²) in [6.07, 6.45) is 0. The molecular formula is H8GaMgNaSe. The van der Waals surface area contributed by atoms with Crippen LogP contribution in [-0.2, 0) is 0 Å². The Morgan fingerprint density at radius 1 is 1.25 bits per heavy atom. The molecule has 0 radical (unpaired) electrons. The Hall–Kier alpha value is 2.92. The number of hydrogen-bond donors (Lipinski definition) is 0. The van der Waals surface area contributed by atoms with Gasteiger partial charge in [-0.2, -0.15) is 0 Å². The van der Waals surface area contributed by atoms with Crippen LogP contribution in [0.15, 0.2) is 0 Å². The third-order valence-electron chi connectivity index (χ3n) is 0. The van der Waals surface area contributed by atoms with Crippen LogP contribution in [0.4, 0.5) is 0 Å². The van der Waals surface area contributed by atoms with Crippen molar-refractivity contribution in [1.29, 1.82) is 0 Å². The fourth-order valence-electron chi connectivity index (χ4n) is 0. The Balaban J connectivity index is 0. The van der Waals surface area contributed by atoms with Gasteiger partial charge in [-0.05, 0) is 0 Å². The van der Waals surface area contributed by atoms with E-state index in [1.807, 2.05) is 0 Å². The molecule has 4 heavy (non-hydrogen) atoms. The third-order valence-corrected chi connectivity index (χ3v) is 0. The topological polar surface area (TPSA) is 0 Å². The normalized spacial score (nSPS) is 0. The summed E-state index contributed by atoms with van der Waals surface area (Å²) < 4.78 is 0. The Morgan fingerprint density at radius 2 is 1.25 bits per heavy atom. The molecule has 0 unspecified atom stereocenters. The molecule has 0 amide bonds. The summed E-state index contributed by atoms with van der Waals surface area (Å²) in [5, 5.41) is 0. The van der Waals surface area contributed by atoms with Gasteiger partial charge in [0.1, 0.15) is 0 Å². The molecule has 0 aliphatic heterocycles. The van der Waals surface area contributed by atoms with Crippen LogP contribution in [0.25, 0.3) is 0 Å². The van der Waals surface area contributed by atoms with Crippen molar-refractivity contribution in [2.45, 2.75) is 0 Å². The Bertz CT molecular complexity index is 14.9. The van der Waals surface area contributed by atoms with Crippen LogP contribution in [-0.4, -0.2) is 59.9 Å². The maximum atomic E-state index is 0. The van der Waals surface area contributed by atoms with Crippen molar-refractivity contribution in [3.63, 3.8) is 0 Å². The predicted octanol–water partition coefficient (Wildman–Crippen LogP) is -5.14. The molecule has 0 nitrogen and oxygen atoms in total. The molecule has 0 aromatic heterocycles. The molecule has 0 N–H and O–H groups in total. The molecule has 0 saturated carbocycles. The van der Waals surface area contributed by atoms with Crippen LogP contribution in [0.5, 0.6) is 0 Å². The van der Waals surface area contributed by atoms with Crippen molar-refractivity contribution >= 4 is 59.9 Å². The molecule has 0 saturated heterocycles. The molecule has 0 fully saturated rings. The van der Waals surface area contributed by atoms with Crippen LogP contribution in [0.2, 0.25) is 0 Å². The second-order valence-corrected chi connectivity index (χ2v) is 0. The van der Waals surface area contributed by atoms with Crippen molar-refractivity contribution in [2.24, 2.45) is 0 Å². The van der Waals surface area contributed by atoms with Gasteiger partial charge in [0.25, 0.3) is 0 Å². The fraction of sp³-hybridized carbons (Fsp3) is 0. The van der Waals surface area contributed by atoms with Gasteiger partial charge in [0.2, 0.25) is 0 Å². The molecule has 0 atom stereocenters. The average Bonchev–Trinajstić information content (AvgIpc) is 0. The summed E-state index contributed by atoms with van der Waals surface area (Å²) in [6, 6.07) is 0. The zero-order valence-corrected chi connectivity index (χ0v) is 7.72. The molecular weight excluding hydrogens is 196 g/mol. The van der Waals surface area contributed by atoms with E-state index in [0.717, 1.165) is 0 Å². The first kappa shape index (κ1) is 28.4. The molecule has 0 heterocycles. The van der Waals surface area contributed by atoms with Gasteiger partial charge in [0.05, 0.1) is 0 Å². The van der Waals surface area contributed by atoms with Gasteiger partial charge in [0.15, 0.2) is 0 Å². The van der Waals surface area contributed by atoms with Crippen molar-refractivity contribution in [1.82, 2.24) is 0 Å². The summed E-state index contributed by atoms with van der Waals surface area (Å²) in [5.41, 5.74) is 0. The van der Waals surface area contributed by atoms with Crippen LogP contribution < -0.4 is 29.6 Å². The van der Waals surface area contributed by atoms with Crippen molar-refractivity contribution in [2.75, 3.05) is 0 Å². The molecule has 4 heteroatoms. The van der Waals surface area contributed by atoms with Crippen LogP contribution in [0.3, 0.4) is 0 Å². The van der Waals surface area contributed by atoms with Gasteiger partial charge in [-0.25, -0.2) is 0 Å². The zero-order chi connectivity index (χ0) is 0. The summed E-state index contributed by atoms with van der Waals surface area (Å²) >= 11 is 0. The molecule has 0 aliphatic carbocycles. The van der Waals surface area contributed by atoms with E-state index in [0.29, 0.717) is 0 Å². The first-order valence-corrected chi connectivity index (χ1v) is 0. The molecule has 0 rings (SSSR count). The van der Waals surface area contributed by atoms with Crippen molar-refractivity contribution in [3.05, 3.63) is 0 Å². The third kappa shape index (κ3) is 8.87. The fourth-order valence-corrected chi connectivity index (χ4v) is 0. The quantitative estimate of drug-likeness (QED) is 0.346. The van der Waals surface area contributed by atoms with Crippen molar-refractivity contribution < 1.29 is 33.8 Å². The monoisotopic (exact) mass is 204 g/mol. The van der Waals surface area contributed by atoms with E-state index in [2.05, 4.69) is 0 Å². The van der Waals surface area contributed by atoms with E-state index in [4.69, 9.17) is 0 Å². The van der Waals surface area contributed by atoms with E-state index >= 15 is 0 Å². The minimum atomic E-state index is 0.